The van der Waals surface area contributed by atoms with Gasteiger partial charge in [0.25, 0.3) is 11.0 Å². The summed E-state index contributed by atoms with van der Waals surface area (Å²) in [7, 11) is 0. The molecule has 0 bridgehead atoms. The van der Waals surface area contributed by atoms with E-state index < -0.39 is 0 Å². The van der Waals surface area contributed by atoms with Crippen LogP contribution in [0, 0.1) is 24.0 Å². The minimum atomic E-state index is 0.397. The molecule has 0 saturated heterocycles. The first-order chi connectivity index (χ1) is 8.61. The largest absolute Gasteiger partial charge is 0.805 e. The van der Waals surface area contributed by atoms with Crippen LogP contribution in [0.3, 0.4) is 0 Å². The van der Waals surface area contributed by atoms with Crippen molar-refractivity contribution in [1.82, 2.24) is 4.73 Å². The number of para-hydroxylation sites is 2. The van der Waals surface area contributed by atoms with Crippen LogP contribution >= 0.6 is 0 Å². The van der Waals surface area contributed by atoms with Gasteiger partial charge in [0.15, 0.2) is 0 Å². The third kappa shape index (κ3) is 1.26. The van der Waals surface area contributed by atoms with E-state index in [9.17, 15) is 10.1 Å². The Kier molecular flexibility index (Phi) is 2.13. The maximum atomic E-state index is 12.4. The molecule has 0 aliphatic carbocycles. The number of fused-ring (bicyclic) bond motifs is 2. The summed E-state index contributed by atoms with van der Waals surface area (Å²) in [6.07, 6.45) is 0. The highest BCUT2D eigenvalue weighted by atomic mass is 16.5. The SMILES string of the molecule is Cc1ccc(C)c2c1n([O-])c1ccccc1[n+]2=O. The van der Waals surface area contributed by atoms with Gasteiger partial charge in [-0.15, -0.1) is 0 Å². The summed E-state index contributed by atoms with van der Waals surface area (Å²) in [6, 6.07) is 10.6. The molecule has 0 fully saturated rings. The first-order valence-electron chi connectivity index (χ1n) is 5.75. The zero-order valence-corrected chi connectivity index (χ0v) is 10.2. The van der Waals surface area contributed by atoms with Gasteiger partial charge in [-0.3, -0.25) is 0 Å². The molecular formula is C14H12N2O2. The van der Waals surface area contributed by atoms with Crippen molar-refractivity contribution in [2.75, 3.05) is 0 Å². The number of benzene rings is 2. The van der Waals surface area contributed by atoms with Crippen molar-refractivity contribution in [1.29, 1.82) is 0 Å². The molecular weight excluding hydrogens is 228 g/mol. The molecule has 0 saturated carbocycles. The van der Waals surface area contributed by atoms with E-state index in [-0.39, 0.29) is 0 Å². The Balaban J connectivity index is 2.77. The first-order valence-corrected chi connectivity index (χ1v) is 5.75. The Hall–Kier alpha value is -2.36. The van der Waals surface area contributed by atoms with Crippen LogP contribution in [0.2, 0.25) is 0 Å². The van der Waals surface area contributed by atoms with Gasteiger partial charge >= 0.3 is 0 Å². The lowest BCUT2D eigenvalue weighted by molar-refractivity contribution is -0.433. The molecule has 1 aromatic heterocycles. The maximum absolute atomic E-state index is 12.4. The van der Waals surface area contributed by atoms with Crippen molar-refractivity contribution in [2.45, 2.75) is 13.8 Å². The Bertz CT molecular complexity index is 834. The van der Waals surface area contributed by atoms with Gasteiger partial charge in [0.05, 0.1) is 4.43 Å². The van der Waals surface area contributed by atoms with E-state index >= 15 is 0 Å². The molecule has 4 nitrogen and oxygen atoms in total. The molecule has 2 aromatic carbocycles. The number of hydrogen-bond donors (Lipinski definition) is 0. The molecule has 0 radical (unpaired) electrons. The topological polar surface area (TPSA) is 51.0 Å². The molecule has 4 heteroatoms. The van der Waals surface area contributed by atoms with Crippen LogP contribution in [-0.4, -0.2) is 4.73 Å². The van der Waals surface area contributed by atoms with E-state index in [0.717, 1.165) is 20.3 Å². The molecule has 1 heterocycles. The molecule has 0 aliphatic heterocycles. The van der Waals surface area contributed by atoms with Crippen LogP contribution in [0.1, 0.15) is 11.1 Å². The van der Waals surface area contributed by atoms with Gasteiger partial charge in [0.1, 0.15) is 11.0 Å². The summed E-state index contributed by atoms with van der Waals surface area (Å²) >= 11 is 0. The lowest BCUT2D eigenvalue weighted by atomic mass is 10.1. The minimum absolute atomic E-state index is 0.397. The van der Waals surface area contributed by atoms with Crippen molar-refractivity contribution in [3.8, 4) is 0 Å². The summed E-state index contributed by atoms with van der Waals surface area (Å²) in [5.41, 5.74) is 3.30. The van der Waals surface area contributed by atoms with Crippen molar-refractivity contribution in [3.05, 3.63) is 57.6 Å². The predicted octanol–water partition coefficient (Wildman–Crippen LogP) is 2.67. The van der Waals surface area contributed by atoms with E-state index in [4.69, 9.17) is 0 Å². The fraction of sp³-hybridized carbons (Fsp3) is 0.143. The predicted molar refractivity (Wildman–Crippen MR) is 71.1 cm³/mol. The van der Waals surface area contributed by atoms with Crippen LogP contribution in [0.5, 0.6) is 0 Å². The number of hydrogen-bond acceptors (Lipinski definition) is 2. The number of nitrogens with zero attached hydrogens (tertiary/aromatic N) is 2. The van der Waals surface area contributed by atoms with Crippen molar-refractivity contribution >= 4 is 22.1 Å². The van der Waals surface area contributed by atoms with Crippen molar-refractivity contribution < 1.29 is 4.43 Å². The molecule has 0 N–H and O–H groups in total. The third-order valence-electron chi connectivity index (χ3n) is 3.28. The lowest BCUT2D eigenvalue weighted by Gasteiger charge is -2.16. The van der Waals surface area contributed by atoms with Gasteiger partial charge in [-0.05, 0) is 25.5 Å². The van der Waals surface area contributed by atoms with Crippen LogP contribution in [0.4, 0.5) is 0 Å². The second-order valence-corrected chi connectivity index (χ2v) is 4.47. The smallest absolute Gasteiger partial charge is 0.289 e. The highest BCUT2D eigenvalue weighted by Gasteiger charge is 2.18. The Morgan fingerprint density at radius 1 is 1.06 bits per heavy atom. The highest BCUT2D eigenvalue weighted by Crippen LogP contribution is 2.22. The summed E-state index contributed by atoms with van der Waals surface area (Å²) < 4.78 is 1.70. The Labute approximate surface area is 103 Å². The normalized spacial score (nSPS) is 11.2. The van der Waals surface area contributed by atoms with E-state index in [1.54, 1.807) is 24.3 Å². The van der Waals surface area contributed by atoms with Gasteiger partial charge in [0, 0.05) is 16.5 Å². The molecule has 3 rings (SSSR count). The quantitative estimate of drug-likeness (QED) is 0.448. The second kappa shape index (κ2) is 3.57. The fourth-order valence-corrected chi connectivity index (χ4v) is 2.34. The van der Waals surface area contributed by atoms with E-state index in [2.05, 4.69) is 0 Å². The zero-order chi connectivity index (χ0) is 12.9. The Morgan fingerprint density at radius 2 is 1.72 bits per heavy atom. The van der Waals surface area contributed by atoms with Gasteiger partial charge in [-0.25, -0.2) is 0 Å². The molecule has 90 valence electrons. The monoisotopic (exact) mass is 240 g/mol. The highest BCUT2D eigenvalue weighted by molar-refractivity contribution is 5.86. The van der Waals surface area contributed by atoms with Gasteiger partial charge in [-0.1, -0.05) is 24.3 Å². The van der Waals surface area contributed by atoms with Crippen LogP contribution in [0.25, 0.3) is 22.1 Å². The van der Waals surface area contributed by atoms with E-state index in [0.29, 0.717) is 22.1 Å². The van der Waals surface area contributed by atoms with Gasteiger partial charge < -0.3 is 9.94 Å². The van der Waals surface area contributed by atoms with Crippen LogP contribution in [0.15, 0.2) is 36.4 Å². The second-order valence-electron chi connectivity index (χ2n) is 4.47. The van der Waals surface area contributed by atoms with Crippen LogP contribution < -0.4 is 4.43 Å². The van der Waals surface area contributed by atoms with Crippen molar-refractivity contribution in [2.24, 2.45) is 0 Å². The average Bonchev–Trinajstić information content (AvgIpc) is 2.38. The molecule has 3 aromatic rings. The summed E-state index contributed by atoms with van der Waals surface area (Å²) in [6.45, 7) is 3.68. The molecule has 0 amide bonds. The van der Waals surface area contributed by atoms with E-state index in [1.807, 2.05) is 26.0 Å². The molecule has 0 aliphatic rings. The lowest BCUT2D eigenvalue weighted by Crippen LogP contribution is -2.21. The zero-order valence-electron chi connectivity index (χ0n) is 10.2. The molecule has 0 atom stereocenters. The number of aryl methyl sites for hydroxylation is 2. The fourth-order valence-electron chi connectivity index (χ4n) is 2.34. The minimum Gasteiger partial charge on any atom is -0.805 e. The average molecular weight is 240 g/mol. The van der Waals surface area contributed by atoms with E-state index in [1.165, 1.54) is 0 Å². The standard InChI is InChI=1S/C14H12N2O2/c1-9-7-8-10(2)14-13(9)15(17)11-5-3-4-6-12(11)16(14)18/h3-8H,1-2H3. The summed E-state index contributed by atoms with van der Waals surface area (Å²) in [4.78, 5) is 12.4. The molecule has 0 spiro atoms. The maximum Gasteiger partial charge on any atom is 0.289 e. The number of aromatic nitrogens is 2. The molecule has 0 unspecified atom stereocenters. The third-order valence-corrected chi connectivity index (χ3v) is 3.28. The summed E-state index contributed by atoms with van der Waals surface area (Å²) in [5.74, 6) is 0. The summed E-state index contributed by atoms with van der Waals surface area (Å²) in [5, 5.41) is 12.4. The van der Waals surface area contributed by atoms with Gasteiger partial charge in [0.2, 0.25) is 0 Å². The first kappa shape index (κ1) is 10.8. The molecule has 18 heavy (non-hydrogen) atoms. The Morgan fingerprint density at radius 3 is 2.50 bits per heavy atom. The van der Waals surface area contributed by atoms with Crippen LogP contribution in [-0.2, 0) is 0 Å². The number of rotatable bonds is 0. The van der Waals surface area contributed by atoms with Gasteiger partial charge in [-0.2, -0.15) is 0 Å². The van der Waals surface area contributed by atoms with Crippen molar-refractivity contribution in [3.63, 3.8) is 0 Å².